The molecule has 0 fully saturated rings. The highest BCUT2D eigenvalue weighted by Gasteiger charge is 2.25. The minimum Gasteiger partial charge on any atom is -0.381 e. The third kappa shape index (κ3) is 4.50. The molecule has 0 saturated heterocycles. The molecule has 2 rings (SSSR count). The van der Waals surface area contributed by atoms with Gasteiger partial charge in [0.15, 0.2) is 0 Å². The zero-order chi connectivity index (χ0) is 13.4. The van der Waals surface area contributed by atoms with Crippen molar-refractivity contribution in [2.75, 3.05) is 0 Å². The van der Waals surface area contributed by atoms with Crippen molar-refractivity contribution in [1.29, 1.82) is 0 Å². The molecule has 1 unspecified atom stereocenters. The summed E-state index contributed by atoms with van der Waals surface area (Å²) in [4.78, 5) is 0. The first-order valence-electron chi connectivity index (χ1n) is 7.77. The molecule has 0 aliphatic heterocycles. The smallest absolute Gasteiger partial charge is 0.108 e. The Balaban J connectivity index is 2.11. The van der Waals surface area contributed by atoms with Gasteiger partial charge in [0.05, 0.1) is 0 Å². The molecule has 0 spiro atoms. The third-order valence-electron chi connectivity index (χ3n) is 4.10. The van der Waals surface area contributed by atoms with E-state index in [4.69, 9.17) is 0 Å². The highest BCUT2D eigenvalue weighted by Crippen LogP contribution is 2.30. The zero-order valence-electron chi connectivity index (χ0n) is 11.9. The van der Waals surface area contributed by atoms with Crippen molar-refractivity contribution in [3.63, 3.8) is 0 Å². The first-order valence-corrected chi connectivity index (χ1v) is 7.77. The van der Waals surface area contributed by atoms with Crippen LogP contribution in [0.5, 0.6) is 0 Å². The van der Waals surface area contributed by atoms with Gasteiger partial charge in [-0.1, -0.05) is 74.6 Å². The summed E-state index contributed by atoms with van der Waals surface area (Å²) < 4.78 is 0. The van der Waals surface area contributed by atoms with E-state index in [9.17, 15) is 5.11 Å². The van der Waals surface area contributed by atoms with Crippen LogP contribution in [0.2, 0.25) is 0 Å². The molecular formula is C18H26O. The van der Waals surface area contributed by atoms with Gasteiger partial charge in [-0.05, 0) is 31.2 Å². The van der Waals surface area contributed by atoms with Crippen LogP contribution in [0.15, 0.2) is 42.5 Å². The lowest BCUT2D eigenvalue weighted by molar-refractivity contribution is 0.0759. The quantitative estimate of drug-likeness (QED) is 0.706. The Morgan fingerprint density at radius 1 is 0.789 bits per heavy atom. The molecule has 19 heavy (non-hydrogen) atoms. The van der Waals surface area contributed by atoms with E-state index in [0.29, 0.717) is 0 Å². The van der Waals surface area contributed by atoms with Crippen LogP contribution in [0.4, 0.5) is 0 Å². The van der Waals surface area contributed by atoms with Crippen molar-refractivity contribution in [3.8, 4) is 0 Å². The SMILES string of the molecule is OC1(c2ccccc2)/C=C\CCCCCCCCC1. The van der Waals surface area contributed by atoms with E-state index < -0.39 is 5.60 Å². The molecular weight excluding hydrogens is 232 g/mol. The van der Waals surface area contributed by atoms with E-state index in [-0.39, 0.29) is 0 Å². The first-order chi connectivity index (χ1) is 9.31. The Morgan fingerprint density at radius 3 is 2.16 bits per heavy atom. The zero-order valence-corrected chi connectivity index (χ0v) is 11.9. The van der Waals surface area contributed by atoms with Crippen LogP contribution in [0.3, 0.4) is 0 Å². The number of allylic oxidation sites excluding steroid dienone is 1. The van der Waals surface area contributed by atoms with Gasteiger partial charge in [0, 0.05) is 0 Å². The van der Waals surface area contributed by atoms with E-state index in [2.05, 4.69) is 6.08 Å². The highest BCUT2D eigenvalue weighted by molar-refractivity contribution is 5.27. The standard InChI is InChI=1S/C18H26O/c19-18(17-13-9-8-10-14-17)15-11-6-4-2-1-3-5-7-12-16-18/h8-11,13-15,19H,1-7,12,16H2/b15-11-. The van der Waals surface area contributed by atoms with Gasteiger partial charge in [-0.3, -0.25) is 0 Å². The van der Waals surface area contributed by atoms with Gasteiger partial charge in [-0.15, -0.1) is 0 Å². The number of benzene rings is 1. The molecule has 1 aromatic carbocycles. The fourth-order valence-corrected chi connectivity index (χ4v) is 2.87. The van der Waals surface area contributed by atoms with Crippen LogP contribution in [0.1, 0.15) is 63.4 Å². The van der Waals surface area contributed by atoms with Crippen molar-refractivity contribution >= 4 is 0 Å². The average molecular weight is 258 g/mol. The summed E-state index contributed by atoms with van der Waals surface area (Å²) in [6, 6.07) is 10.1. The lowest BCUT2D eigenvalue weighted by atomic mass is 9.87. The van der Waals surface area contributed by atoms with Gasteiger partial charge in [0.25, 0.3) is 0 Å². The summed E-state index contributed by atoms with van der Waals surface area (Å²) in [5, 5.41) is 10.9. The largest absolute Gasteiger partial charge is 0.381 e. The fourth-order valence-electron chi connectivity index (χ4n) is 2.87. The Bertz CT molecular complexity index is 382. The fraction of sp³-hybridized carbons (Fsp3) is 0.556. The average Bonchev–Trinajstić information content (AvgIpc) is 2.44. The molecule has 1 heteroatoms. The molecule has 1 aliphatic rings. The van der Waals surface area contributed by atoms with Crippen molar-refractivity contribution in [3.05, 3.63) is 48.0 Å². The van der Waals surface area contributed by atoms with E-state index in [1.165, 1.54) is 38.5 Å². The maximum absolute atomic E-state index is 10.9. The lowest BCUT2D eigenvalue weighted by Gasteiger charge is -2.25. The second-order valence-electron chi connectivity index (χ2n) is 5.71. The van der Waals surface area contributed by atoms with Crippen molar-refractivity contribution in [1.82, 2.24) is 0 Å². The van der Waals surface area contributed by atoms with Gasteiger partial charge >= 0.3 is 0 Å². The van der Waals surface area contributed by atoms with Crippen LogP contribution in [-0.4, -0.2) is 5.11 Å². The monoisotopic (exact) mass is 258 g/mol. The van der Waals surface area contributed by atoms with Crippen LogP contribution in [0.25, 0.3) is 0 Å². The highest BCUT2D eigenvalue weighted by atomic mass is 16.3. The Hall–Kier alpha value is -1.08. The Labute approximate surface area is 117 Å². The Kier molecular flexibility index (Phi) is 5.65. The van der Waals surface area contributed by atoms with Gasteiger partial charge in [0.2, 0.25) is 0 Å². The molecule has 104 valence electrons. The summed E-state index contributed by atoms with van der Waals surface area (Å²) in [6.45, 7) is 0. The molecule has 1 aliphatic carbocycles. The topological polar surface area (TPSA) is 20.2 Å². The third-order valence-corrected chi connectivity index (χ3v) is 4.10. The van der Waals surface area contributed by atoms with Gasteiger partial charge in [0.1, 0.15) is 5.60 Å². The molecule has 1 aromatic rings. The molecule has 0 radical (unpaired) electrons. The van der Waals surface area contributed by atoms with Gasteiger partial charge < -0.3 is 5.11 Å². The normalized spacial score (nSPS) is 28.1. The molecule has 1 atom stereocenters. The molecule has 1 N–H and O–H groups in total. The molecule has 0 heterocycles. The summed E-state index contributed by atoms with van der Waals surface area (Å²) in [5.41, 5.74) is 0.267. The second-order valence-corrected chi connectivity index (χ2v) is 5.71. The summed E-state index contributed by atoms with van der Waals surface area (Å²) in [7, 11) is 0. The van der Waals surface area contributed by atoms with Crippen LogP contribution >= 0.6 is 0 Å². The molecule has 1 nitrogen and oxygen atoms in total. The lowest BCUT2D eigenvalue weighted by Crippen LogP contribution is -2.22. The van der Waals surface area contributed by atoms with E-state index >= 15 is 0 Å². The van der Waals surface area contributed by atoms with Crippen molar-refractivity contribution in [2.24, 2.45) is 0 Å². The molecule has 0 amide bonds. The number of hydrogen-bond donors (Lipinski definition) is 1. The van der Waals surface area contributed by atoms with E-state index in [1.807, 2.05) is 36.4 Å². The van der Waals surface area contributed by atoms with Crippen LogP contribution in [0, 0.1) is 0 Å². The van der Waals surface area contributed by atoms with Crippen LogP contribution in [-0.2, 0) is 5.60 Å². The van der Waals surface area contributed by atoms with Crippen molar-refractivity contribution in [2.45, 2.75) is 63.4 Å². The van der Waals surface area contributed by atoms with E-state index in [1.54, 1.807) is 0 Å². The molecule has 0 saturated carbocycles. The minimum absolute atomic E-state index is 0.763. The van der Waals surface area contributed by atoms with E-state index in [0.717, 1.165) is 24.8 Å². The number of aliphatic hydroxyl groups is 1. The van der Waals surface area contributed by atoms with Gasteiger partial charge in [-0.2, -0.15) is 0 Å². The summed E-state index contributed by atoms with van der Waals surface area (Å²) >= 11 is 0. The van der Waals surface area contributed by atoms with Gasteiger partial charge in [-0.25, -0.2) is 0 Å². The minimum atomic E-state index is -0.763. The predicted molar refractivity (Wildman–Crippen MR) is 81.0 cm³/mol. The first kappa shape index (κ1) is 14.3. The Morgan fingerprint density at radius 2 is 1.42 bits per heavy atom. The maximum atomic E-state index is 10.9. The number of hydrogen-bond acceptors (Lipinski definition) is 1. The summed E-state index contributed by atoms with van der Waals surface area (Å²) in [5.74, 6) is 0. The summed E-state index contributed by atoms with van der Waals surface area (Å²) in [6.07, 6.45) is 15.1. The van der Waals surface area contributed by atoms with Crippen LogP contribution < -0.4 is 0 Å². The predicted octanol–water partition coefficient (Wildman–Crippen LogP) is 4.95. The van der Waals surface area contributed by atoms with Crippen molar-refractivity contribution < 1.29 is 5.11 Å². The maximum Gasteiger partial charge on any atom is 0.108 e. The number of rotatable bonds is 1. The second kappa shape index (κ2) is 7.49. The molecule has 0 aromatic heterocycles. The molecule has 0 bridgehead atoms.